The molecule has 0 atom stereocenters. The highest BCUT2D eigenvalue weighted by atomic mass is 32.2. The van der Waals surface area contributed by atoms with Gasteiger partial charge >= 0.3 is 0 Å². The summed E-state index contributed by atoms with van der Waals surface area (Å²) in [5.74, 6) is 7.81. The van der Waals surface area contributed by atoms with Gasteiger partial charge in [-0.1, -0.05) is 17.8 Å². The van der Waals surface area contributed by atoms with Crippen molar-refractivity contribution in [2.24, 2.45) is 0 Å². The van der Waals surface area contributed by atoms with Crippen LogP contribution in [0.25, 0.3) is 55.4 Å². The van der Waals surface area contributed by atoms with Gasteiger partial charge in [-0.15, -0.1) is 0 Å². The van der Waals surface area contributed by atoms with Crippen molar-refractivity contribution in [1.82, 2.24) is 29.9 Å². The number of anilines is 1. The lowest BCUT2D eigenvalue weighted by molar-refractivity contribution is 0.625. The molecule has 208 valence electrons. The van der Waals surface area contributed by atoms with Crippen molar-refractivity contribution in [2.45, 2.75) is 26.4 Å². The molecule has 0 bridgehead atoms. The second-order valence-corrected chi connectivity index (χ2v) is 13.7. The Labute approximate surface area is 238 Å². The molecule has 6 rings (SSSR count). The Balaban J connectivity index is 1.40. The summed E-state index contributed by atoms with van der Waals surface area (Å²) in [5, 5.41) is 13.1. The first-order chi connectivity index (χ1) is 19.6. The van der Waals surface area contributed by atoms with Crippen molar-refractivity contribution in [3.8, 4) is 33.6 Å². The number of hydrogen-bond donors (Lipinski definition) is 4. The first-order valence-electron chi connectivity index (χ1n) is 13.3. The number of rotatable bonds is 8. The molecule has 7 nitrogen and oxygen atoms in total. The predicted octanol–water partition coefficient (Wildman–Crippen LogP) is 7.10. The van der Waals surface area contributed by atoms with Gasteiger partial charge in [-0.3, -0.25) is 19.8 Å². The normalized spacial score (nSPS) is 12.0. The van der Waals surface area contributed by atoms with E-state index in [-0.39, 0.29) is 5.82 Å². The smallest absolute Gasteiger partial charge is 0.124 e. The standard InChI is InChI=1S/C32H32FN7S/c1-19(2)37-25-11-23(15-34-16-25)21-6-7-29-27(12-21)32(40-39-29)30-13-26-28(17-35-18-31(26)38-30)22-8-20(9-24(33)10-22)14-36-41(3,4)5/h6-13,15-19,36-38H,3-4,14H2,1-2,5H3,(H,39,40). The van der Waals surface area contributed by atoms with E-state index in [1.807, 2.05) is 30.8 Å². The largest absolute Gasteiger partial charge is 0.382 e. The van der Waals surface area contributed by atoms with E-state index in [1.54, 1.807) is 18.5 Å². The summed E-state index contributed by atoms with van der Waals surface area (Å²) in [4.78, 5) is 12.4. The predicted molar refractivity (Wildman–Crippen MR) is 173 cm³/mol. The number of pyridine rings is 2. The van der Waals surface area contributed by atoms with Gasteiger partial charge in [0.25, 0.3) is 0 Å². The molecule has 6 aromatic rings. The van der Waals surface area contributed by atoms with E-state index in [0.29, 0.717) is 12.6 Å². The monoisotopic (exact) mass is 565 g/mol. The maximum atomic E-state index is 14.7. The number of nitrogens with zero attached hydrogens (tertiary/aromatic N) is 3. The lowest BCUT2D eigenvalue weighted by atomic mass is 10.0. The topological polar surface area (TPSA) is 94.3 Å². The zero-order valence-electron chi connectivity index (χ0n) is 23.3. The van der Waals surface area contributed by atoms with Crippen LogP contribution in [0, 0.1) is 5.82 Å². The highest BCUT2D eigenvalue weighted by Gasteiger charge is 2.16. The minimum absolute atomic E-state index is 0.301. The zero-order valence-corrected chi connectivity index (χ0v) is 24.1. The Morgan fingerprint density at radius 2 is 1.71 bits per heavy atom. The molecule has 0 saturated carbocycles. The number of aromatic nitrogens is 5. The number of nitrogens with one attached hydrogen (secondary N) is 4. The Morgan fingerprint density at radius 3 is 2.51 bits per heavy atom. The summed E-state index contributed by atoms with van der Waals surface area (Å²) >= 11 is 0. The third-order valence-corrected chi connectivity index (χ3v) is 7.63. The summed E-state index contributed by atoms with van der Waals surface area (Å²) < 4.78 is 18.0. The van der Waals surface area contributed by atoms with Gasteiger partial charge in [-0.05, 0) is 79.3 Å². The fourth-order valence-electron chi connectivity index (χ4n) is 4.98. The zero-order chi connectivity index (χ0) is 28.7. The quantitative estimate of drug-likeness (QED) is 0.148. The van der Waals surface area contributed by atoms with Crippen LogP contribution < -0.4 is 10.0 Å². The van der Waals surface area contributed by atoms with Gasteiger partial charge in [0.05, 0.1) is 28.6 Å². The van der Waals surface area contributed by atoms with Crippen LogP contribution in [-0.4, -0.2) is 49.2 Å². The summed E-state index contributed by atoms with van der Waals surface area (Å²) in [6, 6.07) is 15.8. The maximum absolute atomic E-state index is 14.7. The number of H-pyrrole nitrogens is 2. The third-order valence-electron chi connectivity index (χ3n) is 6.78. The van der Waals surface area contributed by atoms with Crippen LogP contribution in [0.5, 0.6) is 0 Å². The van der Waals surface area contributed by atoms with Crippen LogP contribution in [0.3, 0.4) is 0 Å². The van der Waals surface area contributed by atoms with Gasteiger partial charge < -0.3 is 10.3 Å². The highest BCUT2D eigenvalue weighted by Crippen LogP contribution is 2.35. The molecule has 0 aliphatic rings. The molecule has 0 amide bonds. The summed E-state index contributed by atoms with van der Waals surface area (Å²) in [5.41, 5.74) is 8.87. The van der Waals surface area contributed by atoms with E-state index in [0.717, 1.165) is 66.7 Å². The molecule has 0 saturated heterocycles. The van der Waals surface area contributed by atoms with Crippen molar-refractivity contribution in [1.29, 1.82) is 0 Å². The molecular formula is C32H32FN7S. The number of halogens is 1. The number of fused-ring (bicyclic) bond motifs is 2. The fraction of sp³-hybridized carbons (Fsp3) is 0.156. The molecule has 9 heteroatoms. The Morgan fingerprint density at radius 1 is 0.878 bits per heavy atom. The third kappa shape index (κ3) is 5.73. The van der Waals surface area contributed by atoms with Crippen LogP contribution in [0.4, 0.5) is 10.1 Å². The number of aromatic amines is 2. The summed E-state index contributed by atoms with van der Waals surface area (Å²) in [6.45, 7) is 4.69. The van der Waals surface area contributed by atoms with Crippen molar-refractivity contribution >= 4 is 48.6 Å². The lowest BCUT2D eigenvalue weighted by Gasteiger charge is -2.12. The van der Waals surface area contributed by atoms with E-state index < -0.39 is 9.39 Å². The molecule has 0 aliphatic heterocycles. The SMILES string of the molecule is C=S(=C)(C)NCc1cc(F)cc(-c2cncc3[nH]c(-c4n[nH]c5ccc(-c6cncc(NC(C)C)c6)cc45)cc23)c1. The molecule has 4 aromatic heterocycles. The van der Waals surface area contributed by atoms with Gasteiger partial charge in [0, 0.05) is 53.1 Å². The molecule has 0 aliphatic carbocycles. The van der Waals surface area contributed by atoms with Gasteiger partial charge in [0.1, 0.15) is 11.5 Å². The molecule has 41 heavy (non-hydrogen) atoms. The summed E-state index contributed by atoms with van der Waals surface area (Å²) in [7, 11) is -1.42. The van der Waals surface area contributed by atoms with E-state index in [9.17, 15) is 4.39 Å². The van der Waals surface area contributed by atoms with Crippen molar-refractivity contribution < 1.29 is 4.39 Å². The molecule has 4 heterocycles. The Bertz CT molecular complexity index is 2000. The number of hydrogen-bond acceptors (Lipinski definition) is 5. The minimum Gasteiger partial charge on any atom is -0.382 e. The molecule has 0 radical (unpaired) electrons. The number of benzene rings is 2. The van der Waals surface area contributed by atoms with Crippen LogP contribution in [0.2, 0.25) is 0 Å². The van der Waals surface area contributed by atoms with Gasteiger partial charge in [-0.25, -0.2) is 4.39 Å². The van der Waals surface area contributed by atoms with Crippen LogP contribution in [-0.2, 0) is 6.54 Å². The van der Waals surface area contributed by atoms with Crippen molar-refractivity contribution in [3.05, 3.63) is 84.7 Å². The van der Waals surface area contributed by atoms with Gasteiger partial charge in [-0.2, -0.15) is 14.5 Å². The average molecular weight is 566 g/mol. The minimum atomic E-state index is -1.42. The molecular weight excluding hydrogens is 533 g/mol. The van der Waals surface area contributed by atoms with Crippen LogP contribution in [0.15, 0.2) is 73.3 Å². The lowest BCUT2D eigenvalue weighted by Crippen LogP contribution is -2.09. The molecule has 0 unspecified atom stereocenters. The van der Waals surface area contributed by atoms with Gasteiger partial charge in [0.2, 0.25) is 0 Å². The Kier molecular flexibility index (Phi) is 6.84. The van der Waals surface area contributed by atoms with E-state index in [4.69, 9.17) is 0 Å². The van der Waals surface area contributed by atoms with Crippen LogP contribution >= 0.6 is 9.39 Å². The van der Waals surface area contributed by atoms with Gasteiger partial charge in [0.15, 0.2) is 0 Å². The molecule has 0 fully saturated rings. The molecule has 0 spiro atoms. The highest BCUT2D eigenvalue weighted by molar-refractivity contribution is 8.25. The average Bonchev–Trinajstić information content (AvgIpc) is 3.54. The maximum Gasteiger partial charge on any atom is 0.124 e. The van der Waals surface area contributed by atoms with E-state index in [2.05, 4.69) is 85.0 Å². The van der Waals surface area contributed by atoms with E-state index >= 15 is 0 Å². The fourth-order valence-corrected chi connectivity index (χ4v) is 5.50. The molecule has 2 aromatic carbocycles. The first kappa shape index (κ1) is 26.7. The Hall–Kier alpha value is -4.47. The van der Waals surface area contributed by atoms with Crippen molar-refractivity contribution in [3.63, 3.8) is 0 Å². The van der Waals surface area contributed by atoms with E-state index in [1.165, 1.54) is 6.07 Å². The second kappa shape index (κ2) is 10.5. The summed E-state index contributed by atoms with van der Waals surface area (Å²) in [6.07, 6.45) is 9.21. The van der Waals surface area contributed by atoms with Crippen LogP contribution in [0.1, 0.15) is 19.4 Å². The first-order valence-corrected chi connectivity index (χ1v) is 15.7. The molecule has 4 N–H and O–H groups in total. The second-order valence-electron chi connectivity index (χ2n) is 10.9. The van der Waals surface area contributed by atoms with Crippen molar-refractivity contribution in [2.75, 3.05) is 11.6 Å².